The molecule has 1 saturated carbocycles. The third-order valence-corrected chi connectivity index (χ3v) is 4.65. The SMILES string of the molecule is O=C(NCCCOC1CCCCC1)[C@@H]1CC(c2cccc(F)c2)=NO1. The van der Waals surface area contributed by atoms with Crippen LogP contribution in [0.15, 0.2) is 29.4 Å². The van der Waals surface area contributed by atoms with E-state index in [2.05, 4.69) is 10.5 Å². The van der Waals surface area contributed by atoms with Crippen LogP contribution in [0.3, 0.4) is 0 Å². The van der Waals surface area contributed by atoms with E-state index in [1.165, 1.54) is 31.4 Å². The quantitative estimate of drug-likeness (QED) is 0.770. The minimum absolute atomic E-state index is 0.187. The number of rotatable bonds is 7. The van der Waals surface area contributed by atoms with Crippen molar-refractivity contribution in [1.82, 2.24) is 5.32 Å². The molecule has 0 bridgehead atoms. The van der Waals surface area contributed by atoms with Gasteiger partial charge in [-0.2, -0.15) is 0 Å². The lowest BCUT2D eigenvalue weighted by atomic mass is 9.98. The molecule has 0 aromatic heterocycles. The number of nitrogens with one attached hydrogen (secondary N) is 1. The van der Waals surface area contributed by atoms with Gasteiger partial charge >= 0.3 is 0 Å². The van der Waals surface area contributed by atoms with Gasteiger partial charge in [0.2, 0.25) is 6.10 Å². The highest BCUT2D eigenvalue weighted by atomic mass is 19.1. The molecule has 1 heterocycles. The van der Waals surface area contributed by atoms with Gasteiger partial charge in [0.05, 0.1) is 11.8 Å². The fraction of sp³-hybridized carbons (Fsp3) is 0.579. The maximum atomic E-state index is 13.3. The fourth-order valence-electron chi connectivity index (χ4n) is 3.24. The van der Waals surface area contributed by atoms with Gasteiger partial charge in [0.1, 0.15) is 5.82 Å². The molecule has 0 spiro atoms. The van der Waals surface area contributed by atoms with Crippen molar-refractivity contribution < 1.29 is 18.8 Å². The molecule has 3 rings (SSSR count). The van der Waals surface area contributed by atoms with Crippen molar-refractivity contribution in [2.45, 2.75) is 57.2 Å². The van der Waals surface area contributed by atoms with Crippen molar-refractivity contribution in [3.05, 3.63) is 35.6 Å². The van der Waals surface area contributed by atoms with E-state index in [0.717, 1.165) is 19.3 Å². The lowest BCUT2D eigenvalue weighted by molar-refractivity contribution is -0.131. The Kier molecular flexibility index (Phi) is 6.39. The number of oxime groups is 1. The predicted octanol–water partition coefficient (Wildman–Crippen LogP) is 3.17. The maximum Gasteiger partial charge on any atom is 0.264 e. The molecule has 0 saturated heterocycles. The number of carbonyl (C=O) groups excluding carboxylic acids is 1. The first-order chi connectivity index (χ1) is 12.2. The summed E-state index contributed by atoms with van der Waals surface area (Å²) in [7, 11) is 0. The largest absolute Gasteiger partial charge is 0.382 e. The number of hydrogen-bond acceptors (Lipinski definition) is 4. The topological polar surface area (TPSA) is 59.9 Å². The van der Waals surface area contributed by atoms with E-state index in [9.17, 15) is 9.18 Å². The van der Waals surface area contributed by atoms with Gasteiger partial charge in [-0.1, -0.05) is 36.6 Å². The molecule has 1 aromatic carbocycles. The Morgan fingerprint density at radius 3 is 2.96 bits per heavy atom. The molecule has 1 amide bonds. The Morgan fingerprint density at radius 2 is 2.16 bits per heavy atom. The van der Waals surface area contributed by atoms with Gasteiger partial charge in [-0.15, -0.1) is 0 Å². The van der Waals surface area contributed by atoms with E-state index in [-0.39, 0.29) is 11.7 Å². The molecule has 1 aliphatic heterocycles. The number of hydrogen-bond donors (Lipinski definition) is 1. The normalized spacial score (nSPS) is 20.8. The number of amides is 1. The second kappa shape index (κ2) is 8.94. The molecule has 0 radical (unpaired) electrons. The summed E-state index contributed by atoms with van der Waals surface area (Å²) in [5.74, 6) is -0.515. The summed E-state index contributed by atoms with van der Waals surface area (Å²) in [6.45, 7) is 1.22. The van der Waals surface area contributed by atoms with Crippen LogP contribution in [0.25, 0.3) is 0 Å². The Balaban J connectivity index is 1.33. The highest BCUT2D eigenvalue weighted by Gasteiger charge is 2.28. The summed E-state index contributed by atoms with van der Waals surface area (Å²) in [5.41, 5.74) is 1.25. The van der Waals surface area contributed by atoms with Crippen LogP contribution in [0.4, 0.5) is 4.39 Å². The van der Waals surface area contributed by atoms with Gasteiger partial charge in [0, 0.05) is 25.1 Å². The zero-order valence-corrected chi connectivity index (χ0v) is 14.4. The summed E-state index contributed by atoms with van der Waals surface area (Å²) in [5, 5.41) is 6.77. The van der Waals surface area contributed by atoms with Crippen LogP contribution in [-0.2, 0) is 14.4 Å². The van der Waals surface area contributed by atoms with Gasteiger partial charge < -0.3 is 14.9 Å². The van der Waals surface area contributed by atoms with Crippen LogP contribution in [0, 0.1) is 5.82 Å². The van der Waals surface area contributed by atoms with E-state index in [4.69, 9.17) is 9.57 Å². The molecular weight excluding hydrogens is 323 g/mol. The molecule has 1 aromatic rings. The summed E-state index contributed by atoms with van der Waals surface area (Å²) >= 11 is 0. The molecule has 1 atom stereocenters. The maximum absolute atomic E-state index is 13.3. The monoisotopic (exact) mass is 348 g/mol. The van der Waals surface area contributed by atoms with Crippen LogP contribution < -0.4 is 5.32 Å². The van der Waals surface area contributed by atoms with E-state index in [1.807, 2.05) is 0 Å². The average Bonchev–Trinajstić information content (AvgIpc) is 3.12. The molecular formula is C19H25FN2O3. The van der Waals surface area contributed by atoms with E-state index in [1.54, 1.807) is 12.1 Å². The Bertz CT molecular complexity index is 614. The highest BCUT2D eigenvalue weighted by Crippen LogP contribution is 2.20. The van der Waals surface area contributed by atoms with Crippen molar-refractivity contribution in [3.63, 3.8) is 0 Å². The van der Waals surface area contributed by atoms with Gasteiger partial charge in [0.25, 0.3) is 5.91 Å². The zero-order chi connectivity index (χ0) is 17.5. The zero-order valence-electron chi connectivity index (χ0n) is 14.4. The Hall–Kier alpha value is -1.95. The standard InChI is InChI=1S/C19H25FN2O3/c20-15-7-4-6-14(12-15)17-13-18(25-22-17)19(23)21-10-5-11-24-16-8-2-1-3-9-16/h4,6-7,12,16,18H,1-3,5,8-11,13H2,(H,21,23)/t18-/m0/s1. The van der Waals surface area contributed by atoms with Gasteiger partial charge in [-0.25, -0.2) is 4.39 Å². The number of halogens is 1. The Labute approximate surface area is 147 Å². The van der Waals surface area contributed by atoms with Gasteiger partial charge in [-0.3, -0.25) is 4.79 Å². The summed E-state index contributed by atoms with van der Waals surface area (Å²) in [4.78, 5) is 17.3. The molecule has 1 fully saturated rings. The van der Waals surface area contributed by atoms with Crippen LogP contribution in [0.5, 0.6) is 0 Å². The lowest BCUT2D eigenvalue weighted by Crippen LogP contribution is -2.35. The smallest absolute Gasteiger partial charge is 0.264 e. The van der Waals surface area contributed by atoms with Crippen molar-refractivity contribution in [1.29, 1.82) is 0 Å². The molecule has 1 N–H and O–H groups in total. The highest BCUT2D eigenvalue weighted by molar-refractivity contribution is 6.04. The summed E-state index contributed by atoms with van der Waals surface area (Å²) < 4.78 is 19.1. The molecule has 25 heavy (non-hydrogen) atoms. The van der Waals surface area contributed by atoms with Crippen LogP contribution in [-0.4, -0.2) is 37.0 Å². The first-order valence-electron chi connectivity index (χ1n) is 9.10. The molecule has 136 valence electrons. The number of carbonyl (C=O) groups is 1. The Morgan fingerprint density at radius 1 is 1.32 bits per heavy atom. The molecule has 6 heteroatoms. The first-order valence-corrected chi connectivity index (χ1v) is 9.10. The van der Waals surface area contributed by atoms with Gasteiger partial charge in [0.15, 0.2) is 0 Å². The summed E-state index contributed by atoms with van der Waals surface area (Å²) in [6, 6.07) is 6.14. The van der Waals surface area contributed by atoms with Crippen molar-refractivity contribution in [2.24, 2.45) is 5.16 Å². The second-order valence-electron chi connectivity index (χ2n) is 6.62. The predicted molar refractivity (Wildman–Crippen MR) is 92.9 cm³/mol. The number of ether oxygens (including phenoxy) is 1. The molecule has 2 aliphatic rings. The second-order valence-corrected chi connectivity index (χ2v) is 6.62. The first kappa shape index (κ1) is 17.9. The van der Waals surface area contributed by atoms with Crippen molar-refractivity contribution in [3.8, 4) is 0 Å². The van der Waals surface area contributed by atoms with Crippen LogP contribution >= 0.6 is 0 Å². The average molecular weight is 348 g/mol. The lowest BCUT2D eigenvalue weighted by Gasteiger charge is -2.22. The number of benzene rings is 1. The van der Waals surface area contributed by atoms with Crippen LogP contribution in [0.1, 0.15) is 50.5 Å². The van der Waals surface area contributed by atoms with Crippen LogP contribution in [0.2, 0.25) is 0 Å². The number of nitrogens with zero attached hydrogens (tertiary/aromatic N) is 1. The van der Waals surface area contributed by atoms with Gasteiger partial charge in [-0.05, 0) is 31.4 Å². The van der Waals surface area contributed by atoms with E-state index < -0.39 is 6.10 Å². The third kappa shape index (κ3) is 5.26. The molecule has 1 aliphatic carbocycles. The third-order valence-electron chi connectivity index (χ3n) is 4.65. The minimum atomic E-state index is -0.641. The van der Waals surface area contributed by atoms with E-state index >= 15 is 0 Å². The van der Waals surface area contributed by atoms with E-state index in [0.29, 0.717) is 37.0 Å². The minimum Gasteiger partial charge on any atom is -0.382 e. The summed E-state index contributed by atoms with van der Waals surface area (Å²) in [6.07, 6.45) is 7.03. The van der Waals surface area contributed by atoms with Crippen molar-refractivity contribution in [2.75, 3.05) is 13.2 Å². The molecule has 5 nitrogen and oxygen atoms in total. The van der Waals surface area contributed by atoms with Crippen molar-refractivity contribution >= 4 is 11.6 Å². The fourth-order valence-corrected chi connectivity index (χ4v) is 3.24. The molecule has 0 unspecified atom stereocenters.